The van der Waals surface area contributed by atoms with E-state index in [9.17, 15) is 4.39 Å². The first kappa shape index (κ1) is 10.9. The topological polar surface area (TPSA) is 66.5 Å². The highest BCUT2D eigenvalue weighted by molar-refractivity contribution is 5.29. The van der Waals surface area contributed by atoms with Crippen molar-refractivity contribution in [3.63, 3.8) is 0 Å². The number of halogens is 1. The lowest BCUT2D eigenvalue weighted by atomic mass is 10.0. The highest BCUT2D eigenvalue weighted by atomic mass is 19.1. The molecule has 14 heavy (non-hydrogen) atoms. The number of phenols is 1. The van der Waals surface area contributed by atoms with E-state index in [4.69, 9.17) is 15.9 Å². The van der Waals surface area contributed by atoms with Crippen LogP contribution in [0.5, 0.6) is 5.75 Å². The van der Waals surface area contributed by atoms with Crippen molar-refractivity contribution in [2.24, 2.45) is 5.73 Å². The Bertz CT molecular complexity index is 304. The van der Waals surface area contributed by atoms with Crippen molar-refractivity contribution >= 4 is 0 Å². The lowest BCUT2D eigenvalue weighted by molar-refractivity contribution is 0.279. The molecule has 0 unspecified atom stereocenters. The summed E-state index contributed by atoms with van der Waals surface area (Å²) < 4.78 is 13.2. The Hall–Kier alpha value is -1.13. The molecule has 1 atom stereocenters. The molecule has 1 rings (SSSR count). The molecular formula is C10H14FNO2. The molecule has 0 radical (unpaired) electrons. The summed E-state index contributed by atoms with van der Waals surface area (Å²) in [5, 5.41) is 17.6. The van der Waals surface area contributed by atoms with Crippen LogP contribution in [0.2, 0.25) is 0 Å². The molecule has 0 saturated heterocycles. The highest BCUT2D eigenvalue weighted by Crippen LogP contribution is 2.22. The van der Waals surface area contributed by atoms with Crippen LogP contribution in [0.3, 0.4) is 0 Å². The Morgan fingerprint density at radius 3 is 2.71 bits per heavy atom. The summed E-state index contributed by atoms with van der Waals surface area (Å²) in [6, 6.07) is 3.47. The molecule has 0 saturated carbocycles. The zero-order valence-electron chi connectivity index (χ0n) is 7.78. The van der Waals surface area contributed by atoms with Gasteiger partial charge < -0.3 is 15.9 Å². The van der Waals surface area contributed by atoms with Gasteiger partial charge in [-0.3, -0.25) is 0 Å². The highest BCUT2D eigenvalue weighted by Gasteiger charge is 2.11. The van der Waals surface area contributed by atoms with E-state index in [1.165, 1.54) is 12.1 Å². The van der Waals surface area contributed by atoms with Crippen molar-refractivity contribution in [2.45, 2.75) is 18.9 Å². The number of benzene rings is 1. The molecule has 1 aromatic carbocycles. The number of rotatable bonds is 4. The van der Waals surface area contributed by atoms with Crippen LogP contribution in [0.4, 0.5) is 4.39 Å². The summed E-state index contributed by atoms with van der Waals surface area (Å²) >= 11 is 0. The zero-order valence-corrected chi connectivity index (χ0v) is 7.78. The summed E-state index contributed by atoms with van der Waals surface area (Å²) in [7, 11) is 0. The van der Waals surface area contributed by atoms with Gasteiger partial charge in [0, 0.05) is 24.3 Å². The average Bonchev–Trinajstić information content (AvgIpc) is 2.14. The Balaban J connectivity index is 2.74. The fourth-order valence-electron chi connectivity index (χ4n) is 1.28. The number of phenolic OH excluding ortho intramolecular Hbond substituents is 1. The summed E-state index contributed by atoms with van der Waals surface area (Å²) in [6.07, 6.45) is 1.07. The van der Waals surface area contributed by atoms with Gasteiger partial charge in [0.1, 0.15) is 11.6 Å². The van der Waals surface area contributed by atoms with Crippen LogP contribution in [-0.2, 0) is 0 Å². The normalized spacial score (nSPS) is 12.8. The van der Waals surface area contributed by atoms with Crippen molar-refractivity contribution in [1.82, 2.24) is 0 Å². The number of aliphatic hydroxyl groups excluding tert-OH is 1. The molecule has 0 aliphatic heterocycles. The molecule has 78 valence electrons. The predicted octanol–water partition coefficient (Wildman–Crippen LogP) is 1.30. The van der Waals surface area contributed by atoms with Gasteiger partial charge in [0.05, 0.1) is 0 Å². The van der Waals surface area contributed by atoms with Gasteiger partial charge in [0.15, 0.2) is 0 Å². The van der Waals surface area contributed by atoms with Crippen molar-refractivity contribution in [3.8, 4) is 5.75 Å². The molecular weight excluding hydrogens is 185 g/mol. The molecule has 0 bridgehead atoms. The first-order chi connectivity index (χ1) is 6.65. The first-order valence-corrected chi connectivity index (χ1v) is 4.50. The van der Waals surface area contributed by atoms with E-state index in [1.54, 1.807) is 0 Å². The van der Waals surface area contributed by atoms with E-state index in [2.05, 4.69) is 0 Å². The van der Waals surface area contributed by atoms with Gasteiger partial charge in [-0.25, -0.2) is 4.39 Å². The summed E-state index contributed by atoms with van der Waals surface area (Å²) in [4.78, 5) is 0. The van der Waals surface area contributed by atoms with Crippen molar-refractivity contribution in [2.75, 3.05) is 6.61 Å². The van der Waals surface area contributed by atoms with E-state index in [0.29, 0.717) is 18.4 Å². The number of hydrogen-bond acceptors (Lipinski definition) is 3. The van der Waals surface area contributed by atoms with E-state index < -0.39 is 11.9 Å². The lowest BCUT2D eigenvalue weighted by Gasteiger charge is -2.12. The van der Waals surface area contributed by atoms with Gasteiger partial charge in [-0.1, -0.05) is 6.07 Å². The Morgan fingerprint density at radius 2 is 2.14 bits per heavy atom. The van der Waals surface area contributed by atoms with Gasteiger partial charge in [-0.2, -0.15) is 0 Å². The molecule has 0 aromatic heterocycles. The monoisotopic (exact) mass is 199 g/mol. The van der Waals surface area contributed by atoms with Gasteiger partial charge in [0.2, 0.25) is 0 Å². The molecule has 0 spiro atoms. The molecule has 0 amide bonds. The van der Waals surface area contributed by atoms with Crippen molar-refractivity contribution in [1.29, 1.82) is 0 Å². The summed E-state index contributed by atoms with van der Waals surface area (Å²) in [5.74, 6) is -0.615. The second kappa shape index (κ2) is 4.93. The average molecular weight is 199 g/mol. The lowest BCUT2D eigenvalue weighted by Crippen LogP contribution is -2.12. The minimum atomic E-state index is -0.504. The van der Waals surface area contributed by atoms with Crippen LogP contribution in [0.25, 0.3) is 0 Å². The second-order valence-electron chi connectivity index (χ2n) is 3.18. The molecule has 3 nitrogen and oxygen atoms in total. The Morgan fingerprint density at radius 1 is 1.43 bits per heavy atom. The van der Waals surface area contributed by atoms with Crippen LogP contribution >= 0.6 is 0 Å². The molecule has 0 heterocycles. The standard InChI is InChI=1S/C10H14FNO2/c11-9-6-7(14)3-4-8(9)10(12)2-1-5-13/h3-4,6,10,13-14H,1-2,5,12H2/t10-/m1/s1. The summed E-state index contributed by atoms with van der Waals surface area (Å²) in [5.41, 5.74) is 6.07. The van der Waals surface area contributed by atoms with Gasteiger partial charge in [-0.05, 0) is 18.9 Å². The van der Waals surface area contributed by atoms with E-state index >= 15 is 0 Å². The minimum Gasteiger partial charge on any atom is -0.508 e. The Labute approximate surface area is 82.0 Å². The largest absolute Gasteiger partial charge is 0.508 e. The van der Waals surface area contributed by atoms with Crippen LogP contribution < -0.4 is 5.73 Å². The van der Waals surface area contributed by atoms with Crippen LogP contribution in [0.1, 0.15) is 24.4 Å². The maximum atomic E-state index is 13.2. The molecule has 4 N–H and O–H groups in total. The van der Waals surface area contributed by atoms with E-state index in [1.807, 2.05) is 0 Å². The minimum absolute atomic E-state index is 0.0490. The first-order valence-electron chi connectivity index (χ1n) is 4.50. The maximum absolute atomic E-state index is 13.2. The fourth-order valence-corrected chi connectivity index (χ4v) is 1.28. The number of aromatic hydroxyl groups is 1. The molecule has 0 fully saturated rings. The molecule has 4 heteroatoms. The van der Waals surface area contributed by atoms with Crippen LogP contribution in [0.15, 0.2) is 18.2 Å². The number of nitrogens with two attached hydrogens (primary N) is 1. The summed E-state index contributed by atoms with van der Waals surface area (Å²) in [6.45, 7) is 0.0490. The quantitative estimate of drug-likeness (QED) is 0.684. The fraction of sp³-hybridized carbons (Fsp3) is 0.400. The third-order valence-corrected chi connectivity index (χ3v) is 2.06. The van der Waals surface area contributed by atoms with Gasteiger partial charge in [-0.15, -0.1) is 0 Å². The Kier molecular flexibility index (Phi) is 3.85. The second-order valence-corrected chi connectivity index (χ2v) is 3.18. The third kappa shape index (κ3) is 2.68. The number of hydrogen-bond donors (Lipinski definition) is 3. The molecule has 0 aliphatic carbocycles. The van der Waals surface area contributed by atoms with Crippen molar-refractivity contribution in [3.05, 3.63) is 29.6 Å². The smallest absolute Gasteiger partial charge is 0.131 e. The van der Waals surface area contributed by atoms with Gasteiger partial charge >= 0.3 is 0 Å². The maximum Gasteiger partial charge on any atom is 0.131 e. The van der Waals surface area contributed by atoms with Crippen LogP contribution in [-0.4, -0.2) is 16.8 Å². The third-order valence-electron chi connectivity index (χ3n) is 2.06. The molecule has 0 aliphatic rings. The predicted molar refractivity (Wildman–Crippen MR) is 51.3 cm³/mol. The zero-order chi connectivity index (χ0) is 10.6. The van der Waals surface area contributed by atoms with Crippen LogP contribution in [0, 0.1) is 5.82 Å². The molecule has 1 aromatic rings. The van der Waals surface area contributed by atoms with E-state index in [-0.39, 0.29) is 12.4 Å². The number of aliphatic hydroxyl groups is 1. The van der Waals surface area contributed by atoms with E-state index in [0.717, 1.165) is 6.07 Å². The van der Waals surface area contributed by atoms with Crippen molar-refractivity contribution < 1.29 is 14.6 Å². The SMILES string of the molecule is N[C@H](CCCO)c1ccc(O)cc1F. The van der Waals surface area contributed by atoms with Gasteiger partial charge in [0.25, 0.3) is 0 Å².